The van der Waals surface area contributed by atoms with Crippen LogP contribution in [0.2, 0.25) is 0 Å². The van der Waals surface area contributed by atoms with Gasteiger partial charge in [0, 0.05) is 25.0 Å². The molecule has 6 nitrogen and oxygen atoms in total. The minimum Gasteiger partial charge on any atom is -0.487 e. The highest BCUT2D eigenvalue weighted by Gasteiger charge is 2.21. The van der Waals surface area contributed by atoms with Crippen LogP contribution in [0.25, 0.3) is 11.3 Å². The summed E-state index contributed by atoms with van der Waals surface area (Å²) in [6, 6.07) is 4.98. The Labute approximate surface area is 151 Å². The van der Waals surface area contributed by atoms with Gasteiger partial charge in [-0.1, -0.05) is 0 Å². The zero-order valence-electron chi connectivity index (χ0n) is 14.7. The van der Waals surface area contributed by atoms with Crippen molar-refractivity contribution in [1.29, 1.82) is 0 Å². The third-order valence-corrected chi connectivity index (χ3v) is 4.48. The average Bonchev–Trinajstić information content (AvgIpc) is 2.99. The van der Waals surface area contributed by atoms with Gasteiger partial charge in [0.2, 0.25) is 5.95 Å². The van der Waals surface area contributed by atoms with Gasteiger partial charge in [-0.15, -0.1) is 0 Å². The van der Waals surface area contributed by atoms with Crippen LogP contribution in [0.4, 0.5) is 16.0 Å². The van der Waals surface area contributed by atoms with E-state index in [1.54, 1.807) is 23.1 Å². The molecular formula is C19H20FN5O. The van der Waals surface area contributed by atoms with Gasteiger partial charge in [-0.3, -0.25) is 4.68 Å². The Kier molecular flexibility index (Phi) is 4.28. The predicted molar refractivity (Wildman–Crippen MR) is 96.9 cm³/mol. The number of nitrogens with one attached hydrogen (secondary N) is 1. The molecule has 2 aromatic heterocycles. The summed E-state index contributed by atoms with van der Waals surface area (Å²) in [5.74, 6) is 0.377. The van der Waals surface area contributed by atoms with E-state index in [0.29, 0.717) is 23.0 Å². The molecule has 1 fully saturated rings. The molecule has 1 aromatic carbocycles. The molecule has 26 heavy (non-hydrogen) atoms. The van der Waals surface area contributed by atoms with E-state index in [0.717, 1.165) is 30.5 Å². The molecule has 0 aliphatic heterocycles. The molecule has 0 radical (unpaired) electrons. The molecule has 1 saturated carbocycles. The second-order valence-corrected chi connectivity index (χ2v) is 6.57. The number of aryl methyl sites for hydroxylation is 2. The number of halogens is 1. The number of anilines is 2. The van der Waals surface area contributed by atoms with Gasteiger partial charge in [0.05, 0.1) is 23.7 Å². The summed E-state index contributed by atoms with van der Waals surface area (Å²) in [5, 5.41) is 7.21. The second-order valence-electron chi connectivity index (χ2n) is 6.57. The molecule has 7 heteroatoms. The standard InChI is InChI=1S/C19H20FN5O/c1-12-9-21-19(23-14-10-22-25(2)11-14)24-18(12)13-6-7-17(16(20)8-13)26-15-4-3-5-15/h6-11,15H,3-5H2,1-2H3,(H,21,23,24). The van der Waals surface area contributed by atoms with Gasteiger partial charge in [0.25, 0.3) is 0 Å². The molecule has 0 bridgehead atoms. The van der Waals surface area contributed by atoms with Crippen molar-refractivity contribution in [2.45, 2.75) is 32.3 Å². The van der Waals surface area contributed by atoms with Crippen molar-refractivity contribution in [2.75, 3.05) is 5.32 Å². The van der Waals surface area contributed by atoms with Crippen LogP contribution in [0, 0.1) is 12.7 Å². The van der Waals surface area contributed by atoms with Crippen molar-refractivity contribution in [3.05, 3.63) is 48.2 Å². The van der Waals surface area contributed by atoms with Crippen LogP contribution < -0.4 is 10.1 Å². The molecule has 0 saturated heterocycles. The molecule has 3 aromatic rings. The van der Waals surface area contributed by atoms with Crippen LogP contribution in [-0.2, 0) is 7.05 Å². The summed E-state index contributed by atoms with van der Waals surface area (Å²) < 4.78 is 21.8. The summed E-state index contributed by atoms with van der Waals surface area (Å²) >= 11 is 0. The van der Waals surface area contributed by atoms with Gasteiger partial charge in [-0.2, -0.15) is 5.10 Å². The van der Waals surface area contributed by atoms with E-state index >= 15 is 0 Å². The molecule has 134 valence electrons. The van der Waals surface area contributed by atoms with E-state index in [1.807, 2.05) is 26.2 Å². The summed E-state index contributed by atoms with van der Waals surface area (Å²) in [7, 11) is 1.84. The Balaban J connectivity index is 1.59. The quantitative estimate of drug-likeness (QED) is 0.751. The Morgan fingerprint density at radius 2 is 2.12 bits per heavy atom. The van der Waals surface area contributed by atoms with Crippen molar-refractivity contribution >= 4 is 11.6 Å². The molecule has 2 heterocycles. The highest BCUT2D eigenvalue weighted by molar-refractivity contribution is 5.65. The number of hydrogen-bond acceptors (Lipinski definition) is 5. The van der Waals surface area contributed by atoms with Crippen molar-refractivity contribution < 1.29 is 9.13 Å². The number of benzene rings is 1. The maximum absolute atomic E-state index is 14.4. The van der Waals surface area contributed by atoms with Gasteiger partial charge in [-0.25, -0.2) is 14.4 Å². The Morgan fingerprint density at radius 1 is 1.27 bits per heavy atom. The van der Waals surface area contributed by atoms with Crippen LogP contribution in [0.1, 0.15) is 24.8 Å². The lowest BCUT2D eigenvalue weighted by atomic mass is 9.96. The molecule has 0 spiro atoms. The summed E-state index contributed by atoms with van der Waals surface area (Å²) in [6.45, 7) is 1.90. The first kappa shape index (κ1) is 16.5. The predicted octanol–water partition coefficient (Wildman–Crippen LogP) is 4.00. The molecule has 0 amide bonds. The van der Waals surface area contributed by atoms with Crippen molar-refractivity contribution in [1.82, 2.24) is 19.7 Å². The third kappa shape index (κ3) is 3.37. The van der Waals surface area contributed by atoms with E-state index in [1.165, 1.54) is 6.07 Å². The Morgan fingerprint density at radius 3 is 2.77 bits per heavy atom. The summed E-state index contributed by atoms with van der Waals surface area (Å²) in [6.07, 6.45) is 8.52. The van der Waals surface area contributed by atoms with Crippen LogP contribution >= 0.6 is 0 Å². The third-order valence-electron chi connectivity index (χ3n) is 4.48. The van der Waals surface area contributed by atoms with Crippen LogP contribution in [0.15, 0.2) is 36.8 Å². The largest absolute Gasteiger partial charge is 0.487 e. The maximum Gasteiger partial charge on any atom is 0.227 e. The van der Waals surface area contributed by atoms with Crippen LogP contribution in [-0.4, -0.2) is 25.9 Å². The minimum atomic E-state index is -0.366. The highest BCUT2D eigenvalue weighted by Crippen LogP contribution is 2.31. The normalized spacial score (nSPS) is 14.1. The first-order chi connectivity index (χ1) is 12.6. The fourth-order valence-electron chi connectivity index (χ4n) is 2.82. The number of hydrogen-bond donors (Lipinski definition) is 1. The van der Waals surface area contributed by atoms with Gasteiger partial charge >= 0.3 is 0 Å². The van der Waals surface area contributed by atoms with Crippen molar-refractivity contribution in [2.24, 2.45) is 7.05 Å². The lowest BCUT2D eigenvalue weighted by molar-refractivity contribution is 0.115. The molecule has 4 rings (SSSR count). The minimum absolute atomic E-state index is 0.145. The zero-order chi connectivity index (χ0) is 18.1. The topological polar surface area (TPSA) is 64.9 Å². The van der Waals surface area contributed by atoms with Crippen molar-refractivity contribution in [3.63, 3.8) is 0 Å². The van der Waals surface area contributed by atoms with Crippen molar-refractivity contribution in [3.8, 4) is 17.0 Å². The maximum atomic E-state index is 14.4. The van der Waals surface area contributed by atoms with E-state index in [9.17, 15) is 4.39 Å². The van der Waals surface area contributed by atoms with Crippen LogP contribution in [0.3, 0.4) is 0 Å². The number of aromatic nitrogens is 4. The second kappa shape index (κ2) is 6.74. The first-order valence-corrected chi connectivity index (χ1v) is 8.64. The van der Waals surface area contributed by atoms with Gasteiger partial charge in [0.15, 0.2) is 11.6 Å². The van der Waals surface area contributed by atoms with E-state index < -0.39 is 0 Å². The molecule has 0 unspecified atom stereocenters. The Hall–Kier alpha value is -2.96. The lowest BCUT2D eigenvalue weighted by Crippen LogP contribution is -2.24. The molecule has 0 atom stereocenters. The van der Waals surface area contributed by atoms with E-state index in [4.69, 9.17) is 4.74 Å². The van der Waals surface area contributed by atoms with Gasteiger partial charge < -0.3 is 10.1 Å². The smallest absolute Gasteiger partial charge is 0.227 e. The van der Waals surface area contributed by atoms with Gasteiger partial charge in [-0.05, 0) is 49.9 Å². The number of ether oxygens (including phenoxy) is 1. The van der Waals surface area contributed by atoms with E-state index in [-0.39, 0.29) is 11.9 Å². The van der Waals surface area contributed by atoms with Gasteiger partial charge in [0.1, 0.15) is 0 Å². The molecule has 1 N–H and O–H groups in total. The summed E-state index contributed by atoms with van der Waals surface area (Å²) in [4.78, 5) is 8.83. The highest BCUT2D eigenvalue weighted by atomic mass is 19.1. The zero-order valence-corrected chi connectivity index (χ0v) is 14.7. The number of rotatable bonds is 5. The van der Waals surface area contributed by atoms with E-state index in [2.05, 4.69) is 20.4 Å². The average molecular weight is 353 g/mol. The first-order valence-electron chi connectivity index (χ1n) is 8.64. The summed E-state index contributed by atoms with van der Waals surface area (Å²) in [5.41, 5.74) is 3.03. The van der Waals surface area contributed by atoms with Crippen LogP contribution in [0.5, 0.6) is 5.75 Å². The molecule has 1 aliphatic rings. The monoisotopic (exact) mass is 353 g/mol. The molecular weight excluding hydrogens is 333 g/mol. The number of nitrogens with zero attached hydrogens (tertiary/aromatic N) is 4. The fourth-order valence-corrected chi connectivity index (χ4v) is 2.82. The SMILES string of the molecule is Cc1cnc(Nc2cnn(C)c2)nc1-c1ccc(OC2CCC2)c(F)c1. The Bertz CT molecular complexity index is 935. The lowest BCUT2D eigenvalue weighted by Gasteiger charge is -2.26. The molecule has 1 aliphatic carbocycles. The fraction of sp³-hybridized carbons (Fsp3) is 0.316.